The quantitative estimate of drug-likeness (QED) is 0.405. The Morgan fingerprint density at radius 2 is 1.94 bits per heavy atom. The highest BCUT2D eigenvalue weighted by atomic mass is 32.2. The van der Waals surface area contributed by atoms with Crippen LogP contribution in [-0.4, -0.2) is 69.9 Å². The van der Waals surface area contributed by atoms with E-state index in [2.05, 4.69) is 5.32 Å². The van der Waals surface area contributed by atoms with Gasteiger partial charge >= 0.3 is 11.9 Å². The van der Waals surface area contributed by atoms with Gasteiger partial charge in [-0.1, -0.05) is 0 Å². The van der Waals surface area contributed by atoms with Crippen LogP contribution in [0.15, 0.2) is 17.5 Å². The number of piperidine rings is 1. The standard InChI is InChI=1S/C23H28N2O7S3/c1-4-31-18(26)12-32-20-19-17(34-22(20)23(27)30-3)11-14-10-16(13-33-21(14)19)24-15-6-8-25(9-7-15)35(28,29)5-2/h10-11,13,15,24H,4-9,12H2,1-3H3. The number of carbonyl (C=O) groups is 2. The second-order valence-electron chi connectivity index (χ2n) is 8.07. The molecule has 1 saturated heterocycles. The van der Waals surface area contributed by atoms with E-state index < -0.39 is 22.0 Å². The van der Waals surface area contributed by atoms with Crippen molar-refractivity contribution in [1.29, 1.82) is 0 Å². The summed E-state index contributed by atoms with van der Waals surface area (Å²) < 4.78 is 42.3. The van der Waals surface area contributed by atoms with E-state index in [1.54, 1.807) is 18.2 Å². The number of rotatable bonds is 9. The first kappa shape index (κ1) is 25.7. The van der Waals surface area contributed by atoms with Crippen molar-refractivity contribution in [3.05, 3.63) is 22.4 Å². The molecule has 4 rings (SSSR count). The van der Waals surface area contributed by atoms with Gasteiger partial charge in [0.2, 0.25) is 10.0 Å². The molecule has 0 unspecified atom stereocenters. The molecule has 0 spiro atoms. The third-order valence-electron chi connectivity index (χ3n) is 5.88. The minimum absolute atomic E-state index is 0.126. The van der Waals surface area contributed by atoms with Gasteiger partial charge in [0.15, 0.2) is 17.2 Å². The topological polar surface area (TPSA) is 111 Å². The molecule has 3 aliphatic rings. The van der Waals surface area contributed by atoms with Gasteiger partial charge in [-0.3, -0.25) is 0 Å². The number of hydrogen-bond donors (Lipinski definition) is 1. The second kappa shape index (κ2) is 10.7. The molecule has 1 aromatic heterocycles. The Labute approximate surface area is 212 Å². The molecule has 35 heavy (non-hydrogen) atoms. The van der Waals surface area contributed by atoms with Crippen LogP contribution in [0.2, 0.25) is 0 Å². The lowest BCUT2D eigenvalue weighted by atomic mass is 10.1. The number of carbonyl (C=O) groups excluding carboxylic acids is 2. The van der Waals surface area contributed by atoms with Gasteiger partial charge in [0.25, 0.3) is 0 Å². The molecule has 1 aliphatic carbocycles. The van der Waals surface area contributed by atoms with Gasteiger partial charge in [-0.2, -0.15) is 0 Å². The van der Waals surface area contributed by atoms with E-state index in [0.717, 1.165) is 39.1 Å². The summed E-state index contributed by atoms with van der Waals surface area (Å²) in [6, 6.07) is 4.23. The van der Waals surface area contributed by atoms with Crippen LogP contribution in [0.3, 0.4) is 0 Å². The molecule has 0 amide bonds. The lowest BCUT2D eigenvalue weighted by Crippen LogP contribution is -2.42. The van der Waals surface area contributed by atoms with Crippen molar-refractivity contribution in [2.24, 2.45) is 0 Å². The maximum Gasteiger partial charge on any atom is 0.351 e. The molecule has 1 fully saturated rings. The van der Waals surface area contributed by atoms with Crippen LogP contribution in [0, 0.1) is 0 Å². The molecule has 1 aromatic rings. The van der Waals surface area contributed by atoms with Crippen LogP contribution in [0.1, 0.15) is 36.4 Å². The molecule has 1 N–H and O–H groups in total. The smallest absolute Gasteiger partial charge is 0.351 e. The summed E-state index contributed by atoms with van der Waals surface area (Å²) in [6.45, 7) is 4.37. The lowest BCUT2D eigenvalue weighted by Gasteiger charge is -2.32. The number of nitrogens with one attached hydrogen (secondary N) is 1. The molecule has 190 valence electrons. The fourth-order valence-corrected chi connectivity index (χ4v) is 7.40. The maximum absolute atomic E-state index is 12.3. The van der Waals surface area contributed by atoms with E-state index >= 15 is 0 Å². The summed E-state index contributed by atoms with van der Waals surface area (Å²) >= 11 is 2.78. The van der Waals surface area contributed by atoms with E-state index in [4.69, 9.17) is 14.2 Å². The highest BCUT2D eigenvalue weighted by Crippen LogP contribution is 2.49. The highest BCUT2D eigenvalue weighted by molar-refractivity contribution is 7.89. The summed E-state index contributed by atoms with van der Waals surface area (Å²) in [7, 11) is -1.84. The number of esters is 2. The van der Waals surface area contributed by atoms with E-state index in [0.29, 0.717) is 23.7 Å². The van der Waals surface area contributed by atoms with Crippen molar-refractivity contribution in [3.8, 4) is 16.2 Å². The maximum atomic E-state index is 12.3. The van der Waals surface area contributed by atoms with Gasteiger partial charge in [0.05, 0.1) is 24.9 Å². The highest BCUT2D eigenvalue weighted by Gasteiger charge is 2.29. The molecule has 0 radical (unpaired) electrons. The zero-order valence-corrected chi connectivity index (χ0v) is 22.2. The molecule has 0 saturated carbocycles. The number of thiophene rings is 1. The Morgan fingerprint density at radius 3 is 2.60 bits per heavy atom. The summed E-state index contributed by atoms with van der Waals surface area (Å²) in [6.07, 6.45) is 1.48. The van der Waals surface area contributed by atoms with Crippen LogP contribution in [0.4, 0.5) is 5.69 Å². The van der Waals surface area contributed by atoms with E-state index in [-0.39, 0.29) is 25.0 Å². The average Bonchev–Trinajstić information content (AvgIpc) is 3.38. The monoisotopic (exact) mass is 540 g/mol. The Kier molecular flexibility index (Phi) is 7.84. The molecule has 3 heterocycles. The number of nitrogens with zero attached hydrogens (tertiary/aromatic N) is 1. The SMILES string of the molecule is CCOC(=O)COc1c(C(=O)OC)sc2cc3cc(NC4CCN(S(=O)(=O)CC)CC4)csc-3c12. The van der Waals surface area contributed by atoms with Crippen molar-refractivity contribution >= 4 is 60.4 Å². The van der Waals surface area contributed by atoms with Gasteiger partial charge in [0, 0.05) is 39.8 Å². The van der Waals surface area contributed by atoms with Crippen LogP contribution < -0.4 is 10.1 Å². The Balaban J connectivity index is 1.56. The number of sulfonamides is 1. The summed E-state index contributed by atoms with van der Waals surface area (Å²) in [5.74, 6) is -0.563. The van der Waals surface area contributed by atoms with Crippen molar-refractivity contribution in [2.45, 2.75) is 32.7 Å². The van der Waals surface area contributed by atoms with Crippen molar-refractivity contribution in [2.75, 3.05) is 44.5 Å². The van der Waals surface area contributed by atoms with Crippen LogP contribution in [0.5, 0.6) is 5.75 Å². The number of anilines is 1. The van der Waals surface area contributed by atoms with Crippen LogP contribution in [0.25, 0.3) is 20.5 Å². The Bertz CT molecular complexity index is 1290. The van der Waals surface area contributed by atoms with Gasteiger partial charge in [-0.15, -0.1) is 22.7 Å². The number of methoxy groups -OCH3 is 1. The second-order valence-corrected chi connectivity index (χ2v) is 12.3. The van der Waals surface area contributed by atoms with Gasteiger partial charge in [0.1, 0.15) is 0 Å². The normalized spacial score (nSPS) is 15.4. The summed E-state index contributed by atoms with van der Waals surface area (Å²) in [4.78, 5) is 25.4. The average molecular weight is 541 g/mol. The first-order chi connectivity index (χ1) is 16.8. The molecule has 0 aromatic carbocycles. The summed E-state index contributed by atoms with van der Waals surface area (Å²) in [5.41, 5.74) is 1.95. The predicted molar refractivity (Wildman–Crippen MR) is 137 cm³/mol. The number of ether oxygens (including phenoxy) is 3. The fourth-order valence-electron chi connectivity index (χ4n) is 4.13. The third kappa shape index (κ3) is 5.40. The van der Waals surface area contributed by atoms with Crippen molar-refractivity contribution < 1.29 is 32.2 Å². The Hall–Kier alpha value is -2.41. The number of fused-ring (bicyclic) bond motifs is 3. The molecule has 2 aliphatic heterocycles. The predicted octanol–water partition coefficient (Wildman–Crippen LogP) is 4.02. The number of hydrogen-bond acceptors (Lipinski definition) is 10. The molecule has 0 atom stereocenters. The van der Waals surface area contributed by atoms with Crippen molar-refractivity contribution in [1.82, 2.24) is 4.31 Å². The zero-order chi connectivity index (χ0) is 25.2. The third-order valence-corrected chi connectivity index (χ3v) is 9.90. The van der Waals surface area contributed by atoms with Gasteiger partial charge in [-0.25, -0.2) is 22.3 Å². The Morgan fingerprint density at radius 1 is 1.20 bits per heavy atom. The first-order valence-electron chi connectivity index (χ1n) is 11.4. The van der Waals surface area contributed by atoms with E-state index in [1.165, 1.54) is 29.8 Å². The van der Waals surface area contributed by atoms with Gasteiger partial charge < -0.3 is 19.5 Å². The fraction of sp³-hybridized carbons (Fsp3) is 0.478. The molecule has 12 heteroatoms. The molecule has 9 nitrogen and oxygen atoms in total. The van der Waals surface area contributed by atoms with Crippen LogP contribution in [-0.2, 0) is 24.3 Å². The first-order valence-corrected chi connectivity index (χ1v) is 14.7. The van der Waals surface area contributed by atoms with E-state index in [9.17, 15) is 18.0 Å². The summed E-state index contributed by atoms with van der Waals surface area (Å²) in [5, 5.41) is 6.32. The largest absolute Gasteiger partial charge is 0.479 e. The molecular formula is C23H28N2O7S3. The minimum Gasteiger partial charge on any atom is -0.479 e. The molecular weight excluding hydrogens is 512 g/mol. The lowest BCUT2D eigenvalue weighted by molar-refractivity contribution is -0.145. The van der Waals surface area contributed by atoms with Gasteiger partial charge in [-0.05, 0) is 44.4 Å². The molecule has 0 bridgehead atoms. The van der Waals surface area contributed by atoms with Crippen molar-refractivity contribution in [3.63, 3.8) is 0 Å². The zero-order valence-electron chi connectivity index (χ0n) is 19.8. The van der Waals surface area contributed by atoms with E-state index in [1.807, 2.05) is 17.5 Å². The minimum atomic E-state index is -3.15. The van der Waals surface area contributed by atoms with Crippen LogP contribution >= 0.6 is 22.7 Å².